The summed E-state index contributed by atoms with van der Waals surface area (Å²) in [6.45, 7) is -0.572. The van der Waals surface area contributed by atoms with Crippen LogP contribution in [0.15, 0.2) is 28.2 Å². The molecule has 0 aliphatic rings. The average molecular weight is 302 g/mol. The Labute approximate surface area is 117 Å². The highest BCUT2D eigenvalue weighted by atomic mass is 32.2. The van der Waals surface area contributed by atoms with Crippen molar-refractivity contribution in [2.24, 2.45) is 0 Å². The van der Waals surface area contributed by atoms with E-state index in [-0.39, 0.29) is 11.6 Å². The highest BCUT2D eigenvalue weighted by molar-refractivity contribution is 7.98. The standard InChI is InChI=1S/C11H12F2N4O2S/c1-2-17-10(18)15-16-11(17)20-6-7-4-3-5-8(14-7)19-9(12)13/h3-5,9H,2,6H2,1H3,(H,15,18). The molecule has 108 valence electrons. The molecule has 1 N–H and O–H groups in total. The van der Waals surface area contributed by atoms with E-state index in [1.165, 1.54) is 22.4 Å². The van der Waals surface area contributed by atoms with Crippen molar-refractivity contribution in [1.82, 2.24) is 19.7 Å². The van der Waals surface area contributed by atoms with Gasteiger partial charge < -0.3 is 4.74 Å². The first kappa shape index (κ1) is 14.5. The van der Waals surface area contributed by atoms with Crippen LogP contribution in [-0.2, 0) is 12.3 Å². The van der Waals surface area contributed by atoms with Crippen molar-refractivity contribution in [3.05, 3.63) is 34.4 Å². The Hall–Kier alpha value is -1.90. The van der Waals surface area contributed by atoms with Crippen LogP contribution in [0.2, 0.25) is 0 Å². The molecule has 0 aromatic carbocycles. The summed E-state index contributed by atoms with van der Waals surface area (Å²) in [5, 5.41) is 6.76. The van der Waals surface area contributed by atoms with Gasteiger partial charge >= 0.3 is 12.3 Å². The third-order valence-electron chi connectivity index (χ3n) is 2.38. The van der Waals surface area contributed by atoms with Crippen LogP contribution in [0.25, 0.3) is 0 Å². The number of aromatic nitrogens is 4. The van der Waals surface area contributed by atoms with Gasteiger partial charge in [-0.1, -0.05) is 17.8 Å². The number of aromatic amines is 1. The number of hydrogen-bond acceptors (Lipinski definition) is 5. The highest BCUT2D eigenvalue weighted by Gasteiger charge is 2.09. The lowest BCUT2D eigenvalue weighted by Gasteiger charge is -2.05. The summed E-state index contributed by atoms with van der Waals surface area (Å²) in [7, 11) is 0. The zero-order chi connectivity index (χ0) is 14.5. The molecule has 0 saturated carbocycles. The second-order valence-corrected chi connectivity index (χ2v) is 4.63. The summed E-state index contributed by atoms with van der Waals surface area (Å²) in [5.41, 5.74) is 0.281. The van der Waals surface area contributed by atoms with Gasteiger partial charge in [-0.05, 0) is 13.0 Å². The predicted octanol–water partition coefficient (Wildman–Crippen LogP) is 1.88. The number of H-pyrrole nitrogens is 1. The van der Waals surface area contributed by atoms with E-state index in [1.54, 1.807) is 12.1 Å². The van der Waals surface area contributed by atoms with Crippen LogP contribution in [0.3, 0.4) is 0 Å². The van der Waals surface area contributed by atoms with E-state index in [4.69, 9.17) is 0 Å². The molecule has 9 heteroatoms. The summed E-state index contributed by atoms with van der Waals surface area (Å²) >= 11 is 1.29. The number of halogens is 2. The Kier molecular flexibility index (Phi) is 4.72. The number of rotatable bonds is 6. The number of pyridine rings is 1. The smallest absolute Gasteiger partial charge is 0.388 e. The topological polar surface area (TPSA) is 72.8 Å². The van der Waals surface area contributed by atoms with E-state index in [1.807, 2.05) is 6.92 Å². The van der Waals surface area contributed by atoms with Crippen LogP contribution < -0.4 is 10.4 Å². The maximum absolute atomic E-state index is 12.1. The molecule has 0 aliphatic carbocycles. The molecule has 6 nitrogen and oxygen atoms in total. The molecule has 2 aromatic heterocycles. The molecule has 0 radical (unpaired) electrons. The normalized spacial score (nSPS) is 11.0. The van der Waals surface area contributed by atoms with Gasteiger partial charge in [-0.3, -0.25) is 4.57 Å². The number of thioether (sulfide) groups is 1. The molecule has 0 atom stereocenters. The van der Waals surface area contributed by atoms with Gasteiger partial charge in [-0.15, -0.1) is 5.10 Å². The van der Waals surface area contributed by atoms with E-state index >= 15 is 0 Å². The summed E-state index contributed by atoms with van der Waals surface area (Å²) < 4.78 is 29.9. The monoisotopic (exact) mass is 302 g/mol. The number of nitrogens with one attached hydrogen (secondary N) is 1. The van der Waals surface area contributed by atoms with E-state index in [0.717, 1.165) is 0 Å². The van der Waals surface area contributed by atoms with Gasteiger partial charge in [-0.2, -0.15) is 8.78 Å². The van der Waals surface area contributed by atoms with Crippen molar-refractivity contribution in [1.29, 1.82) is 0 Å². The highest BCUT2D eigenvalue weighted by Crippen LogP contribution is 2.20. The Morgan fingerprint density at radius 3 is 3.00 bits per heavy atom. The molecule has 0 unspecified atom stereocenters. The Morgan fingerprint density at radius 1 is 1.50 bits per heavy atom. The second-order valence-electron chi connectivity index (χ2n) is 3.69. The lowest BCUT2D eigenvalue weighted by atomic mass is 10.4. The van der Waals surface area contributed by atoms with E-state index in [9.17, 15) is 13.6 Å². The fourth-order valence-electron chi connectivity index (χ4n) is 1.53. The maximum atomic E-state index is 12.1. The number of alkyl halides is 2. The van der Waals surface area contributed by atoms with E-state index < -0.39 is 6.61 Å². The minimum atomic E-state index is -2.90. The molecule has 0 aliphatic heterocycles. The van der Waals surface area contributed by atoms with Crippen LogP contribution in [0.1, 0.15) is 12.6 Å². The van der Waals surface area contributed by atoms with Crippen molar-refractivity contribution >= 4 is 11.8 Å². The lowest BCUT2D eigenvalue weighted by molar-refractivity contribution is -0.0529. The number of hydrogen-bond donors (Lipinski definition) is 1. The zero-order valence-corrected chi connectivity index (χ0v) is 11.4. The van der Waals surface area contributed by atoms with E-state index in [0.29, 0.717) is 23.1 Å². The van der Waals surface area contributed by atoms with E-state index in [2.05, 4.69) is 19.9 Å². The van der Waals surface area contributed by atoms with Gasteiger partial charge in [0.2, 0.25) is 5.88 Å². The van der Waals surface area contributed by atoms with Gasteiger partial charge in [0.25, 0.3) is 0 Å². The fraction of sp³-hybridized carbons (Fsp3) is 0.364. The first-order valence-electron chi connectivity index (χ1n) is 5.79. The quantitative estimate of drug-likeness (QED) is 0.825. The largest absolute Gasteiger partial charge is 0.417 e. The van der Waals surface area contributed by atoms with Crippen LogP contribution in [0.5, 0.6) is 5.88 Å². The number of ether oxygens (including phenoxy) is 1. The fourth-order valence-corrected chi connectivity index (χ4v) is 2.44. The van der Waals surface area contributed by atoms with Crippen molar-refractivity contribution in [2.75, 3.05) is 0 Å². The molecular formula is C11H12F2N4O2S. The average Bonchev–Trinajstić information content (AvgIpc) is 2.76. The molecule has 0 amide bonds. The SMILES string of the molecule is CCn1c(SCc2cccc(OC(F)F)n2)n[nH]c1=O. The second kappa shape index (κ2) is 6.51. The first-order chi connectivity index (χ1) is 9.60. The van der Waals surface area contributed by atoms with Gasteiger partial charge in [0.05, 0.1) is 5.69 Å². The van der Waals surface area contributed by atoms with Crippen LogP contribution in [0, 0.1) is 0 Å². The third-order valence-corrected chi connectivity index (χ3v) is 3.39. The molecule has 2 aromatic rings. The number of nitrogens with zero attached hydrogens (tertiary/aromatic N) is 3. The molecular weight excluding hydrogens is 290 g/mol. The van der Waals surface area contributed by atoms with Crippen molar-refractivity contribution in [3.8, 4) is 5.88 Å². The maximum Gasteiger partial charge on any atom is 0.388 e. The molecule has 0 spiro atoms. The first-order valence-corrected chi connectivity index (χ1v) is 6.77. The van der Waals surface area contributed by atoms with Gasteiger partial charge in [0.1, 0.15) is 0 Å². The lowest BCUT2D eigenvalue weighted by Crippen LogP contribution is -2.16. The zero-order valence-electron chi connectivity index (χ0n) is 10.5. The summed E-state index contributed by atoms with van der Waals surface area (Å²) in [4.78, 5) is 15.3. The van der Waals surface area contributed by atoms with Crippen LogP contribution >= 0.6 is 11.8 Å². The van der Waals surface area contributed by atoms with Crippen LogP contribution in [0.4, 0.5) is 8.78 Å². The Bertz CT molecular complexity index is 629. The van der Waals surface area contributed by atoms with Gasteiger partial charge in [0, 0.05) is 18.4 Å². The van der Waals surface area contributed by atoms with Crippen molar-refractivity contribution in [2.45, 2.75) is 31.0 Å². The Balaban J connectivity index is 2.05. The molecule has 0 fully saturated rings. The van der Waals surface area contributed by atoms with Crippen LogP contribution in [-0.4, -0.2) is 26.4 Å². The molecule has 20 heavy (non-hydrogen) atoms. The van der Waals surface area contributed by atoms with Gasteiger partial charge in [0.15, 0.2) is 5.16 Å². The predicted molar refractivity (Wildman–Crippen MR) is 69.0 cm³/mol. The minimum Gasteiger partial charge on any atom is -0.417 e. The molecule has 0 bridgehead atoms. The summed E-state index contributed by atoms with van der Waals surface area (Å²) in [5.74, 6) is 0.262. The summed E-state index contributed by atoms with van der Waals surface area (Å²) in [6, 6.07) is 4.63. The van der Waals surface area contributed by atoms with Crippen molar-refractivity contribution < 1.29 is 13.5 Å². The summed E-state index contributed by atoms with van der Waals surface area (Å²) in [6.07, 6.45) is 0. The van der Waals surface area contributed by atoms with Crippen molar-refractivity contribution in [3.63, 3.8) is 0 Å². The van der Waals surface area contributed by atoms with Gasteiger partial charge in [-0.25, -0.2) is 14.9 Å². The molecule has 0 saturated heterocycles. The molecule has 2 heterocycles. The third kappa shape index (κ3) is 3.56. The Morgan fingerprint density at radius 2 is 2.30 bits per heavy atom. The minimum absolute atomic E-state index is 0.131. The molecule has 2 rings (SSSR count).